The van der Waals surface area contributed by atoms with Crippen LogP contribution in [0.3, 0.4) is 0 Å². The number of hydrogen-bond donors (Lipinski definition) is 1. The Bertz CT molecular complexity index is 605. The number of ether oxygens (including phenoxy) is 2. The molecule has 0 radical (unpaired) electrons. The quantitative estimate of drug-likeness (QED) is 0.878. The summed E-state index contributed by atoms with van der Waals surface area (Å²) in [6.45, 7) is 7.06. The van der Waals surface area contributed by atoms with Gasteiger partial charge in [0.25, 0.3) is 0 Å². The van der Waals surface area contributed by atoms with Gasteiger partial charge in [0.05, 0.1) is 13.2 Å². The standard InChI is InChI=1S/C18H22O3/c1-4-20-17-7-5-6-16(11-19)18(17)21-12-15-9-8-13(2)14(3)10-15/h5-10,19H,4,11-12H2,1-3H3. The minimum atomic E-state index is -0.0663. The Kier molecular flexibility index (Phi) is 5.23. The highest BCUT2D eigenvalue weighted by molar-refractivity contribution is 5.46. The van der Waals surface area contributed by atoms with Crippen LogP contribution in [0.4, 0.5) is 0 Å². The van der Waals surface area contributed by atoms with Crippen LogP contribution in [-0.2, 0) is 13.2 Å². The summed E-state index contributed by atoms with van der Waals surface area (Å²) in [5.41, 5.74) is 4.36. The number of para-hydroxylation sites is 1. The second-order valence-electron chi connectivity index (χ2n) is 5.04. The summed E-state index contributed by atoms with van der Waals surface area (Å²) >= 11 is 0. The maximum absolute atomic E-state index is 9.45. The van der Waals surface area contributed by atoms with Crippen LogP contribution >= 0.6 is 0 Å². The van der Waals surface area contributed by atoms with Gasteiger partial charge in [0.15, 0.2) is 11.5 Å². The van der Waals surface area contributed by atoms with E-state index in [1.807, 2.05) is 25.1 Å². The van der Waals surface area contributed by atoms with E-state index < -0.39 is 0 Å². The Labute approximate surface area is 126 Å². The highest BCUT2D eigenvalue weighted by atomic mass is 16.5. The van der Waals surface area contributed by atoms with E-state index in [-0.39, 0.29) is 6.61 Å². The lowest BCUT2D eigenvalue weighted by Crippen LogP contribution is -2.03. The van der Waals surface area contributed by atoms with Crippen molar-refractivity contribution in [3.8, 4) is 11.5 Å². The zero-order chi connectivity index (χ0) is 15.2. The third-order valence-corrected chi connectivity index (χ3v) is 3.49. The molecule has 3 heteroatoms. The molecule has 21 heavy (non-hydrogen) atoms. The molecule has 0 aliphatic heterocycles. The Morgan fingerprint density at radius 3 is 2.48 bits per heavy atom. The molecular formula is C18H22O3. The lowest BCUT2D eigenvalue weighted by atomic mass is 10.1. The largest absolute Gasteiger partial charge is 0.490 e. The second-order valence-corrected chi connectivity index (χ2v) is 5.04. The Hall–Kier alpha value is -2.00. The minimum absolute atomic E-state index is 0.0663. The average Bonchev–Trinajstić information content (AvgIpc) is 2.49. The van der Waals surface area contributed by atoms with E-state index in [4.69, 9.17) is 9.47 Å². The summed E-state index contributed by atoms with van der Waals surface area (Å²) in [5.74, 6) is 1.30. The van der Waals surface area contributed by atoms with Gasteiger partial charge in [-0.05, 0) is 43.5 Å². The van der Waals surface area contributed by atoms with Crippen molar-refractivity contribution in [2.45, 2.75) is 34.0 Å². The van der Waals surface area contributed by atoms with Crippen LogP contribution in [0, 0.1) is 13.8 Å². The van der Waals surface area contributed by atoms with Gasteiger partial charge in [0.2, 0.25) is 0 Å². The van der Waals surface area contributed by atoms with E-state index >= 15 is 0 Å². The molecule has 0 bridgehead atoms. The molecule has 0 aliphatic carbocycles. The van der Waals surface area contributed by atoms with Crippen LogP contribution in [0.25, 0.3) is 0 Å². The number of hydrogen-bond acceptors (Lipinski definition) is 3. The molecule has 0 fully saturated rings. The molecule has 0 unspecified atom stereocenters. The van der Waals surface area contributed by atoms with Crippen LogP contribution < -0.4 is 9.47 Å². The smallest absolute Gasteiger partial charge is 0.167 e. The summed E-state index contributed by atoms with van der Waals surface area (Å²) in [5, 5.41) is 9.45. The fourth-order valence-corrected chi connectivity index (χ4v) is 2.17. The minimum Gasteiger partial charge on any atom is -0.490 e. The third-order valence-electron chi connectivity index (χ3n) is 3.49. The lowest BCUT2D eigenvalue weighted by Gasteiger charge is -2.15. The summed E-state index contributed by atoms with van der Waals surface area (Å²) in [6.07, 6.45) is 0. The molecule has 0 aromatic heterocycles. The molecule has 0 atom stereocenters. The van der Waals surface area contributed by atoms with Crippen LogP contribution in [0.1, 0.15) is 29.2 Å². The van der Waals surface area contributed by atoms with Crippen LogP contribution in [0.5, 0.6) is 11.5 Å². The van der Waals surface area contributed by atoms with E-state index in [0.717, 1.165) is 11.1 Å². The first-order chi connectivity index (χ1) is 10.2. The second kappa shape index (κ2) is 7.14. The van der Waals surface area contributed by atoms with Crippen molar-refractivity contribution >= 4 is 0 Å². The summed E-state index contributed by atoms with van der Waals surface area (Å²) < 4.78 is 11.5. The van der Waals surface area contributed by atoms with Gasteiger partial charge in [0, 0.05) is 5.56 Å². The highest BCUT2D eigenvalue weighted by Gasteiger charge is 2.10. The Morgan fingerprint density at radius 2 is 1.81 bits per heavy atom. The average molecular weight is 286 g/mol. The monoisotopic (exact) mass is 286 g/mol. The summed E-state index contributed by atoms with van der Waals surface area (Å²) in [4.78, 5) is 0. The normalized spacial score (nSPS) is 10.5. The molecule has 0 amide bonds. The first-order valence-electron chi connectivity index (χ1n) is 7.20. The maximum atomic E-state index is 9.45. The molecule has 0 saturated carbocycles. The van der Waals surface area contributed by atoms with Crippen molar-refractivity contribution in [3.05, 3.63) is 58.7 Å². The summed E-state index contributed by atoms with van der Waals surface area (Å²) in [7, 11) is 0. The van der Waals surface area contributed by atoms with Gasteiger partial charge in [-0.2, -0.15) is 0 Å². The Morgan fingerprint density at radius 1 is 1.00 bits per heavy atom. The SMILES string of the molecule is CCOc1cccc(CO)c1OCc1ccc(C)c(C)c1. The molecule has 1 N–H and O–H groups in total. The van der Waals surface area contributed by atoms with Crippen molar-refractivity contribution in [1.82, 2.24) is 0 Å². The molecule has 2 rings (SSSR count). The van der Waals surface area contributed by atoms with Crippen LogP contribution in [-0.4, -0.2) is 11.7 Å². The number of benzene rings is 2. The van der Waals surface area contributed by atoms with Gasteiger partial charge in [-0.1, -0.05) is 30.3 Å². The van der Waals surface area contributed by atoms with Gasteiger partial charge in [0.1, 0.15) is 6.61 Å². The predicted octanol–water partition coefficient (Wildman–Crippen LogP) is 3.77. The van der Waals surface area contributed by atoms with Crippen LogP contribution in [0.2, 0.25) is 0 Å². The van der Waals surface area contributed by atoms with Crippen LogP contribution in [0.15, 0.2) is 36.4 Å². The molecule has 112 valence electrons. The molecule has 2 aromatic rings. The van der Waals surface area contributed by atoms with Gasteiger partial charge < -0.3 is 14.6 Å². The fraction of sp³-hybridized carbons (Fsp3) is 0.333. The zero-order valence-electron chi connectivity index (χ0n) is 12.8. The van der Waals surface area contributed by atoms with Crippen molar-refractivity contribution in [2.24, 2.45) is 0 Å². The fourth-order valence-electron chi connectivity index (χ4n) is 2.17. The van der Waals surface area contributed by atoms with Gasteiger partial charge in [-0.25, -0.2) is 0 Å². The van der Waals surface area contributed by atoms with Crippen molar-refractivity contribution in [3.63, 3.8) is 0 Å². The van der Waals surface area contributed by atoms with Gasteiger partial charge >= 0.3 is 0 Å². The Balaban J connectivity index is 2.20. The van der Waals surface area contributed by atoms with Gasteiger partial charge in [-0.3, -0.25) is 0 Å². The number of aryl methyl sites for hydroxylation is 2. The highest BCUT2D eigenvalue weighted by Crippen LogP contribution is 2.32. The number of rotatable bonds is 6. The van der Waals surface area contributed by atoms with Crippen molar-refractivity contribution in [1.29, 1.82) is 0 Å². The van der Waals surface area contributed by atoms with Gasteiger partial charge in [-0.15, -0.1) is 0 Å². The molecule has 0 spiro atoms. The molecule has 0 saturated heterocycles. The molecule has 3 nitrogen and oxygen atoms in total. The van der Waals surface area contributed by atoms with E-state index in [9.17, 15) is 5.11 Å². The third kappa shape index (κ3) is 3.76. The molecule has 2 aromatic carbocycles. The van der Waals surface area contributed by atoms with E-state index in [0.29, 0.717) is 24.7 Å². The van der Waals surface area contributed by atoms with E-state index in [1.54, 1.807) is 0 Å². The first kappa shape index (κ1) is 15.4. The van der Waals surface area contributed by atoms with E-state index in [1.165, 1.54) is 11.1 Å². The van der Waals surface area contributed by atoms with Crippen molar-refractivity contribution in [2.75, 3.05) is 6.61 Å². The van der Waals surface area contributed by atoms with Crippen molar-refractivity contribution < 1.29 is 14.6 Å². The number of aliphatic hydroxyl groups excluding tert-OH is 1. The molecule has 0 heterocycles. The lowest BCUT2D eigenvalue weighted by molar-refractivity contribution is 0.243. The number of aliphatic hydroxyl groups is 1. The first-order valence-corrected chi connectivity index (χ1v) is 7.20. The van der Waals surface area contributed by atoms with E-state index in [2.05, 4.69) is 32.0 Å². The predicted molar refractivity (Wildman–Crippen MR) is 83.8 cm³/mol. The topological polar surface area (TPSA) is 38.7 Å². The summed E-state index contributed by atoms with van der Waals surface area (Å²) in [6, 6.07) is 11.8. The zero-order valence-corrected chi connectivity index (χ0v) is 12.8. The maximum Gasteiger partial charge on any atom is 0.167 e. The molecular weight excluding hydrogens is 264 g/mol. The molecule has 0 aliphatic rings.